The molecule has 1 amide bonds. The molecule has 0 heterocycles. The van der Waals surface area contributed by atoms with E-state index in [4.69, 9.17) is 5.73 Å². The molecule has 0 aromatic heterocycles. The van der Waals surface area contributed by atoms with Gasteiger partial charge in [-0.05, 0) is 48.0 Å². The van der Waals surface area contributed by atoms with Crippen LogP contribution in [-0.2, 0) is 23.6 Å². The monoisotopic (exact) mass is 481 g/mol. The summed E-state index contributed by atoms with van der Waals surface area (Å²) in [5, 5.41) is 0. The molecule has 0 aliphatic heterocycles. The Morgan fingerprint density at radius 1 is 0.794 bits per heavy atom. The smallest absolute Gasteiger partial charge is 0.327 e. The minimum absolute atomic E-state index is 0.0337. The van der Waals surface area contributed by atoms with Gasteiger partial charge in [0, 0.05) is 12.7 Å². The maximum atomic E-state index is 13.2. The van der Waals surface area contributed by atoms with Gasteiger partial charge < -0.3 is 15.5 Å². The van der Waals surface area contributed by atoms with Gasteiger partial charge in [0.25, 0.3) is 0 Å². The molecule has 0 radical (unpaired) electrons. The average Bonchev–Trinajstić information content (AvgIpc) is 2.79. The van der Waals surface area contributed by atoms with E-state index in [1.807, 2.05) is 18.2 Å². The van der Waals surface area contributed by atoms with Gasteiger partial charge in [-0.2, -0.15) is 26.3 Å². The summed E-state index contributed by atoms with van der Waals surface area (Å²) in [6, 6.07) is 16.9. The number of anilines is 3. The Hall–Kier alpha value is -3.53. The van der Waals surface area contributed by atoms with Gasteiger partial charge in [-0.15, -0.1) is 0 Å². The summed E-state index contributed by atoms with van der Waals surface area (Å²) < 4.78 is 79.0. The number of nitrogens with zero attached hydrogens (tertiary/aromatic N) is 2. The fourth-order valence-corrected chi connectivity index (χ4v) is 3.48. The van der Waals surface area contributed by atoms with Crippen LogP contribution in [0.5, 0.6) is 0 Å². The average molecular weight is 481 g/mol. The fourth-order valence-electron chi connectivity index (χ4n) is 3.48. The highest BCUT2D eigenvalue weighted by Crippen LogP contribution is 2.37. The van der Waals surface area contributed by atoms with Gasteiger partial charge in [0.05, 0.1) is 35.6 Å². The Bertz CT molecular complexity index is 1110. The number of benzene rings is 3. The van der Waals surface area contributed by atoms with Crippen molar-refractivity contribution in [3.8, 4) is 0 Å². The van der Waals surface area contributed by atoms with Crippen LogP contribution in [0.15, 0.2) is 72.8 Å². The Kier molecular flexibility index (Phi) is 7.21. The molecular formula is C24H21F6N3O. The number of hydrogen-bond donors (Lipinski definition) is 1. The zero-order chi connectivity index (χ0) is 25.1. The molecule has 0 unspecified atom stereocenters. The van der Waals surface area contributed by atoms with E-state index in [0.29, 0.717) is 23.5 Å². The van der Waals surface area contributed by atoms with Crippen molar-refractivity contribution in [1.82, 2.24) is 0 Å². The standard InChI is InChI=1S/C24H21F6N3O/c1-32(20-9-5-6-10-21(20)33(15-31)19-7-3-2-4-8-19)22(34)13-16-11-17(23(25,26)27)14-18(12-16)24(28,29)30/h2-12,14H,13,15,31H2,1H3. The normalized spacial score (nSPS) is 11.9. The van der Waals surface area contributed by atoms with Crippen molar-refractivity contribution in [2.75, 3.05) is 23.5 Å². The first-order valence-corrected chi connectivity index (χ1v) is 10.1. The van der Waals surface area contributed by atoms with E-state index in [9.17, 15) is 31.1 Å². The topological polar surface area (TPSA) is 49.6 Å². The molecule has 3 aromatic carbocycles. The molecule has 3 aromatic rings. The van der Waals surface area contributed by atoms with Crippen LogP contribution in [0.25, 0.3) is 0 Å². The summed E-state index contributed by atoms with van der Waals surface area (Å²) >= 11 is 0. The number of carbonyl (C=O) groups is 1. The molecular weight excluding hydrogens is 460 g/mol. The van der Waals surface area contributed by atoms with Crippen molar-refractivity contribution in [2.45, 2.75) is 18.8 Å². The van der Waals surface area contributed by atoms with Gasteiger partial charge in [0.1, 0.15) is 0 Å². The molecule has 0 saturated heterocycles. The number of rotatable bonds is 6. The van der Waals surface area contributed by atoms with Crippen LogP contribution in [0.3, 0.4) is 0 Å². The summed E-state index contributed by atoms with van der Waals surface area (Å²) in [7, 11) is 1.40. The van der Waals surface area contributed by atoms with E-state index in [2.05, 4.69) is 0 Å². The van der Waals surface area contributed by atoms with Crippen molar-refractivity contribution < 1.29 is 31.1 Å². The molecule has 0 aliphatic carbocycles. The van der Waals surface area contributed by atoms with Gasteiger partial charge in [-0.25, -0.2) is 0 Å². The van der Waals surface area contributed by atoms with Crippen molar-refractivity contribution in [2.24, 2.45) is 5.73 Å². The number of para-hydroxylation sites is 3. The van der Waals surface area contributed by atoms with E-state index in [-0.39, 0.29) is 12.7 Å². The van der Waals surface area contributed by atoms with E-state index >= 15 is 0 Å². The van der Waals surface area contributed by atoms with Gasteiger partial charge in [-0.3, -0.25) is 4.79 Å². The lowest BCUT2D eigenvalue weighted by atomic mass is 10.0. The SMILES string of the molecule is CN(C(=O)Cc1cc(C(F)(F)F)cc(C(F)(F)F)c1)c1ccccc1N(CN)c1ccccc1. The molecule has 2 N–H and O–H groups in total. The number of nitrogens with two attached hydrogens (primary N) is 1. The molecule has 0 bridgehead atoms. The summed E-state index contributed by atoms with van der Waals surface area (Å²) in [5.41, 5.74) is 4.29. The van der Waals surface area contributed by atoms with Gasteiger partial charge in [0.15, 0.2) is 0 Å². The number of carbonyl (C=O) groups excluding carboxylic acids is 1. The molecule has 0 saturated carbocycles. The number of likely N-dealkylation sites (N-methyl/N-ethyl adjacent to an activating group) is 1. The first kappa shape index (κ1) is 25.1. The van der Waals surface area contributed by atoms with Crippen LogP contribution in [0.1, 0.15) is 16.7 Å². The number of alkyl halides is 6. The lowest BCUT2D eigenvalue weighted by molar-refractivity contribution is -0.143. The van der Waals surface area contributed by atoms with Crippen LogP contribution in [-0.4, -0.2) is 19.6 Å². The summed E-state index contributed by atoms with van der Waals surface area (Å²) in [5.74, 6) is -0.690. The van der Waals surface area contributed by atoms with Crippen molar-refractivity contribution in [1.29, 1.82) is 0 Å². The molecule has 0 spiro atoms. The predicted octanol–water partition coefficient (Wildman–Crippen LogP) is 5.98. The predicted molar refractivity (Wildman–Crippen MR) is 118 cm³/mol. The lowest BCUT2D eigenvalue weighted by Gasteiger charge is -2.29. The molecule has 34 heavy (non-hydrogen) atoms. The molecule has 4 nitrogen and oxygen atoms in total. The lowest BCUT2D eigenvalue weighted by Crippen LogP contribution is -2.31. The summed E-state index contributed by atoms with van der Waals surface area (Å²) in [6.45, 7) is 0.0611. The first-order chi connectivity index (χ1) is 15.9. The van der Waals surface area contributed by atoms with Gasteiger partial charge in [0.2, 0.25) is 5.91 Å². The highest BCUT2D eigenvalue weighted by atomic mass is 19.4. The maximum absolute atomic E-state index is 13.2. The van der Waals surface area contributed by atoms with E-state index < -0.39 is 41.4 Å². The Morgan fingerprint density at radius 2 is 1.29 bits per heavy atom. The molecule has 180 valence electrons. The number of amides is 1. The molecule has 0 aliphatic rings. The first-order valence-electron chi connectivity index (χ1n) is 10.1. The number of hydrogen-bond acceptors (Lipinski definition) is 3. The van der Waals surface area contributed by atoms with Crippen molar-refractivity contribution >= 4 is 23.0 Å². The third-order valence-corrected chi connectivity index (χ3v) is 5.16. The maximum Gasteiger partial charge on any atom is 0.416 e. The van der Waals surface area contributed by atoms with Crippen LogP contribution >= 0.6 is 0 Å². The quantitative estimate of drug-likeness (QED) is 0.348. The third-order valence-electron chi connectivity index (χ3n) is 5.16. The largest absolute Gasteiger partial charge is 0.416 e. The highest BCUT2D eigenvalue weighted by molar-refractivity contribution is 5.98. The van der Waals surface area contributed by atoms with E-state index in [1.54, 1.807) is 41.3 Å². The minimum atomic E-state index is -4.99. The van der Waals surface area contributed by atoms with E-state index in [0.717, 1.165) is 5.69 Å². The number of halogens is 6. The van der Waals surface area contributed by atoms with E-state index in [1.165, 1.54) is 11.9 Å². The van der Waals surface area contributed by atoms with Crippen molar-refractivity contribution in [3.05, 3.63) is 89.5 Å². The summed E-state index contributed by atoms with van der Waals surface area (Å²) in [6.07, 6.45) is -10.6. The second-order valence-electron chi connectivity index (χ2n) is 7.48. The zero-order valence-corrected chi connectivity index (χ0v) is 18.0. The Labute approximate surface area is 192 Å². The van der Waals surface area contributed by atoms with Crippen LogP contribution in [0.4, 0.5) is 43.4 Å². The Morgan fingerprint density at radius 3 is 1.79 bits per heavy atom. The van der Waals surface area contributed by atoms with Crippen molar-refractivity contribution in [3.63, 3.8) is 0 Å². The summed E-state index contributed by atoms with van der Waals surface area (Å²) in [4.78, 5) is 15.9. The second kappa shape index (κ2) is 9.76. The Balaban J connectivity index is 1.95. The molecule has 3 rings (SSSR count). The third kappa shape index (κ3) is 5.69. The second-order valence-corrected chi connectivity index (χ2v) is 7.48. The highest BCUT2D eigenvalue weighted by Gasteiger charge is 2.37. The fraction of sp³-hybridized carbons (Fsp3) is 0.208. The van der Waals surface area contributed by atoms with Crippen LogP contribution < -0.4 is 15.5 Å². The zero-order valence-electron chi connectivity index (χ0n) is 18.0. The van der Waals surface area contributed by atoms with Crippen LogP contribution in [0, 0.1) is 0 Å². The molecule has 10 heteroatoms. The minimum Gasteiger partial charge on any atom is -0.327 e. The van der Waals surface area contributed by atoms with Gasteiger partial charge in [-0.1, -0.05) is 30.3 Å². The van der Waals surface area contributed by atoms with Crippen LogP contribution in [0.2, 0.25) is 0 Å². The van der Waals surface area contributed by atoms with Gasteiger partial charge >= 0.3 is 12.4 Å². The molecule has 0 fully saturated rings. The molecule has 0 atom stereocenters.